The summed E-state index contributed by atoms with van der Waals surface area (Å²) in [5.74, 6) is -0.818. The Kier molecular flexibility index (Phi) is 4.92. The molecule has 0 bridgehead atoms. The third-order valence-corrected chi connectivity index (χ3v) is 2.92. The number of amides is 1. The molecule has 1 aromatic carbocycles. The van der Waals surface area contributed by atoms with Gasteiger partial charge in [-0.25, -0.2) is 4.79 Å². The molecule has 5 nitrogen and oxygen atoms in total. The number of benzene rings is 1. The first-order chi connectivity index (χ1) is 8.82. The Morgan fingerprint density at radius 2 is 2.00 bits per heavy atom. The van der Waals surface area contributed by atoms with Gasteiger partial charge in [0.05, 0.1) is 5.56 Å². The summed E-state index contributed by atoms with van der Waals surface area (Å²) in [6.45, 7) is 5.35. The molecule has 19 heavy (non-hydrogen) atoms. The first-order valence-electron chi connectivity index (χ1n) is 6.12. The minimum atomic E-state index is -0.577. The first-order valence-corrected chi connectivity index (χ1v) is 6.12. The number of carbonyl (C=O) groups excluding carboxylic acids is 2. The van der Waals surface area contributed by atoms with Crippen molar-refractivity contribution in [2.75, 3.05) is 19.4 Å². The number of anilines is 1. The van der Waals surface area contributed by atoms with E-state index in [0.29, 0.717) is 11.3 Å². The average Bonchev–Trinajstić information content (AvgIpc) is 2.37. The number of rotatable bonds is 4. The van der Waals surface area contributed by atoms with E-state index in [1.54, 1.807) is 19.2 Å². The van der Waals surface area contributed by atoms with Crippen molar-refractivity contribution >= 4 is 17.6 Å². The van der Waals surface area contributed by atoms with E-state index >= 15 is 0 Å². The van der Waals surface area contributed by atoms with Crippen LogP contribution in [-0.2, 0) is 9.53 Å². The average molecular weight is 264 g/mol. The molecule has 0 atom stereocenters. The van der Waals surface area contributed by atoms with Crippen molar-refractivity contribution in [1.29, 1.82) is 0 Å². The number of aryl methyl sites for hydroxylation is 1. The number of hydrogen-bond acceptors (Lipinski definition) is 4. The second-order valence-electron chi connectivity index (χ2n) is 4.77. The Morgan fingerprint density at radius 1 is 1.37 bits per heavy atom. The molecule has 0 aliphatic heterocycles. The highest BCUT2D eigenvalue weighted by molar-refractivity contribution is 5.96. The van der Waals surface area contributed by atoms with Crippen LogP contribution in [0.5, 0.6) is 0 Å². The van der Waals surface area contributed by atoms with Gasteiger partial charge < -0.3 is 15.4 Å². The largest absolute Gasteiger partial charge is 0.452 e. The first kappa shape index (κ1) is 15.0. The lowest BCUT2D eigenvalue weighted by molar-refractivity contribution is -0.134. The molecule has 0 fully saturated rings. The van der Waals surface area contributed by atoms with E-state index in [1.807, 2.05) is 26.8 Å². The van der Waals surface area contributed by atoms with E-state index in [2.05, 4.69) is 0 Å². The van der Waals surface area contributed by atoms with Crippen LogP contribution >= 0.6 is 0 Å². The fourth-order valence-electron chi connectivity index (χ4n) is 1.44. The molecule has 0 heterocycles. The van der Waals surface area contributed by atoms with Crippen LogP contribution < -0.4 is 5.73 Å². The van der Waals surface area contributed by atoms with Gasteiger partial charge >= 0.3 is 5.97 Å². The van der Waals surface area contributed by atoms with Crippen LogP contribution in [0.3, 0.4) is 0 Å². The predicted molar refractivity (Wildman–Crippen MR) is 73.8 cm³/mol. The van der Waals surface area contributed by atoms with E-state index in [0.717, 1.165) is 5.56 Å². The summed E-state index contributed by atoms with van der Waals surface area (Å²) in [7, 11) is 1.67. The number of carbonyl (C=O) groups is 2. The lowest BCUT2D eigenvalue weighted by Gasteiger charge is -2.21. The summed E-state index contributed by atoms with van der Waals surface area (Å²) < 4.78 is 4.99. The predicted octanol–water partition coefficient (Wildman–Crippen LogP) is 1.60. The number of ether oxygens (including phenoxy) is 1. The molecular weight excluding hydrogens is 244 g/mol. The number of nitrogen functional groups attached to an aromatic ring is 1. The molecule has 5 heteroatoms. The summed E-state index contributed by atoms with van der Waals surface area (Å²) in [5.41, 5.74) is 7.26. The van der Waals surface area contributed by atoms with Gasteiger partial charge in [0.15, 0.2) is 6.61 Å². The molecule has 0 unspecified atom stereocenters. The van der Waals surface area contributed by atoms with E-state index in [-0.39, 0.29) is 18.6 Å². The van der Waals surface area contributed by atoms with Gasteiger partial charge in [0.25, 0.3) is 5.91 Å². The SMILES string of the molecule is Cc1ccc(N)c(C(=O)OCC(=O)N(C)C(C)C)c1. The lowest BCUT2D eigenvalue weighted by atomic mass is 10.1. The number of likely N-dealkylation sites (N-methyl/N-ethyl adjacent to an activating group) is 1. The Hall–Kier alpha value is -2.04. The third-order valence-electron chi connectivity index (χ3n) is 2.92. The molecular formula is C14H20N2O3. The van der Waals surface area contributed by atoms with Crippen LogP contribution in [0.15, 0.2) is 18.2 Å². The fourth-order valence-corrected chi connectivity index (χ4v) is 1.44. The number of nitrogens with two attached hydrogens (primary N) is 1. The van der Waals surface area contributed by atoms with Gasteiger partial charge in [0, 0.05) is 18.8 Å². The molecule has 0 aliphatic rings. The number of hydrogen-bond donors (Lipinski definition) is 1. The Bertz CT molecular complexity index is 484. The van der Waals surface area contributed by atoms with Crippen molar-refractivity contribution < 1.29 is 14.3 Å². The highest BCUT2D eigenvalue weighted by Crippen LogP contribution is 2.14. The van der Waals surface area contributed by atoms with Crippen molar-refractivity contribution in [2.24, 2.45) is 0 Å². The maximum atomic E-state index is 11.8. The normalized spacial score (nSPS) is 10.4. The molecule has 0 spiro atoms. The van der Waals surface area contributed by atoms with Crippen LogP contribution in [0.2, 0.25) is 0 Å². The zero-order chi connectivity index (χ0) is 14.6. The number of esters is 1. The van der Waals surface area contributed by atoms with Crippen molar-refractivity contribution in [3.8, 4) is 0 Å². The van der Waals surface area contributed by atoms with E-state index in [9.17, 15) is 9.59 Å². The lowest BCUT2D eigenvalue weighted by Crippen LogP contribution is -2.36. The summed E-state index contributed by atoms with van der Waals surface area (Å²) in [4.78, 5) is 25.1. The summed E-state index contributed by atoms with van der Waals surface area (Å²) in [6.07, 6.45) is 0. The van der Waals surface area contributed by atoms with Crippen LogP contribution in [0, 0.1) is 6.92 Å². The van der Waals surface area contributed by atoms with E-state index < -0.39 is 5.97 Å². The second kappa shape index (κ2) is 6.22. The minimum Gasteiger partial charge on any atom is -0.452 e. The zero-order valence-corrected chi connectivity index (χ0v) is 11.8. The van der Waals surface area contributed by atoms with E-state index in [4.69, 9.17) is 10.5 Å². The minimum absolute atomic E-state index is 0.0650. The summed E-state index contributed by atoms with van der Waals surface area (Å²) in [6, 6.07) is 5.17. The second-order valence-corrected chi connectivity index (χ2v) is 4.77. The van der Waals surface area contributed by atoms with Crippen LogP contribution in [0.1, 0.15) is 29.8 Å². The topological polar surface area (TPSA) is 72.6 Å². The number of nitrogens with zero attached hydrogens (tertiary/aromatic N) is 1. The molecule has 0 radical (unpaired) electrons. The van der Waals surface area contributed by atoms with Gasteiger partial charge in [-0.1, -0.05) is 11.6 Å². The molecule has 0 aromatic heterocycles. The van der Waals surface area contributed by atoms with Crippen LogP contribution in [0.4, 0.5) is 5.69 Å². The summed E-state index contributed by atoms with van der Waals surface area (Å²) in [5, 5.41) is 0. The van der Waals surface area contributed by atoms with Crippen molar-refractivity contribution in [3.63, 3.8) is 0 Å². The van der Waals surface area contributed by atoms with Gasteiger partial charge in [0.2, 0.25) is 0 Å². The van der Waals surface area contributed by atoms with E-state index in [1.165, 1.54) is 4.90 Å². The fraction of sp³-hybridized carbons (Fsp3) is 0.429. The molecule has 1 amide bonds. The highest BCUT2D eigenvalue weighted by Gasteiger charge is 2.16. The molecule has 0 saturated carbocycles. The van der Waals surface area contributed by atoms with Crippen LogP contribution in [-0.4, -0.2) is 36.5 Å². The molecule has 1 aromatic rings. The molecule has 104 valence electrons. The van der Waals surface area contributed by atoms with Gasteiger partial charge in [-0.2, -0.15) is 0 Å². The molecule has 0 saturated heterocycles. The van der Waals surface area contributed by atoms with Gasteiger partial charge in [0.1, 0.15) is 0 Å². The zero-order valence-electron chi connectivity index (χ0n) is 11.8. The summed E-state index contributed by atoms with van der Waals surface area (Å²) >= 11 is 0. The maximum absolute atomic E-state index is 11.8. The molecule has 1 rings (SSSR count). The monoisotopic (exact) mass is 264 g/mol. The smallest absolute Gasteiger partial charge is 0.340 e. The van der Waals surface area contributed by atoms with Gasteiger partial charge in [-0.3, -0.25) is 4.79 Å². The van der Waals surface area contributed by atoms with Crippen molar-refractivity contribution in [3.05, 3.63) is 29.3 Å². The Labute approximate surface area is 113 Å². The maximum Gasteiger partial charge on any atom is 0.340 e. The van der Waals surface area contributed by atoms with Gasteiger partial charge in [-0.15, -0.1) is 0 Å². The highest BCUT2D eigenvalue weighted by atomic mass is 16.5. The van der Waals surface area contributed by atoms with Crippen molar-refractivity contribution in [2.45, 2.75) is 26.8 Å². The Balaban J connectivity index is 2.66. The quantitative estimate of drug-likeness (QED) is 0.662. The molecule has 2 N–H and O–H groups in total. The van der Waals surface area contributed by atoms with Crippen LogP contribution in [0.25, 0.3) is 0 Å². The third kappa shape index (κ3) is 3.98. The molecule has 0 aliphatic carbocycles. The van der Waals surface area contributed by atoms with Crippen molar-refractivity contribution in [1.82, 2.24) is 4.90 Å². The standard InChI is InChI=1S/C14H20N2O3/c1-9(2)16(4)13(17)8-19-14(18)11-7-10(3)5-6-12(11)15/h5-7,9H,8,15H2,1-4H3. The Morgan fingerprint density at radius 3 is 2.58 bits per heavy atom. The van der Waals surface area contributed by atoms with Gasteiger partial charge in [-0.05, 0) is 32.9 Å².